The van der Waals surface area contributed by atoms with Crippen molar-refractivity contribution < 1.29 is 4.42 Å². The SMILES string of the molecule is c1ccc(-c2ccc(-c3cc(-c4ccc(-c5ccc6oc7ccccc7c6c5)cc4)nc(-c4ccccc4)n3)cc2)cc1. The zero-order valence-corrected chi connectivity index (χ0v) is 23.3. The highest BCUT2D eigenvalue weighted by molar-refractivity contribution is 6.06. The van der Waals surface area contributed by atoms with Crippen LogP contribution in [0.4, 0.5) is 0 Å². The van der Waals surface area contributed by atoms with Gasteiger partial charge in [-0.3, -0.25) is 0 Å². The van der Waals surface area contributed by atoms with Crippen molar-refractivity contribution in [3.8, 4) is 56.2 Å². The number of benzene rings is 6. The number of hydrogen-bond donors (Lipinski definition) is 0. The van der Waals surface area contributed by atoms with Crippen LogP contribution in [0.5, 0.6) is 0 Å². The van der Waals surface area contributed by atoms with Crippen molar-refractivity contribution in [2.75, 3.05) is 0 Å². The molecule has 6 aromatic carbocycles. The molecule has 0 saturated carbocycles. The van der Waals surface area contributed by atoms with Gasteiger partial charge in [0.05, 0.1) is 11.4 Å². The van der Waals surface area contributed by atoms with E-state index in [0.717, 1.165) is 61.1 Å². The predicted octanol–water partition coefficient (Wildman–Crippen LogP) is 10.7. The van der Waals surface area contributed by atoms with Gasteiger partial charge < -0.3 is 4.42 Å². The van der Waals surface area contributed by atoms with Crippen LogP contribution < -0.4 is 0 Å². The number of hydrogen-bond acceptors (Lipinski definition) is 3. The van der Waals surface area contributed by atoms with E-state index in [1.165, 1.54) is 11.1 Å². The quantitative estimate of drug-likeness (QED) is 0.214. The van der Waals surface area contributed by atoms with E-state index < -0.39 is 0 Å². The Kier molecular flexibility index (Phi) is 6.12. The van der Waals surface area contributed by atoms with Crippen LogP contribution in [0.2, 0.25) is 0 Å². The van der Waals surface area contributed by atoms with Gasteiger partial charge in [-0.05, 0) is 46.5 Å². The van der Waals surface area contributed by atoms with Gasteiger partial charge in [-0.1, -0.05) is 133 Å². The molecule has 43 heavy (non-hydrogen) atoms. The second-order valence-corrected chi connectivity index (χ2v) is 10.7. The van der Waals surface area contributed by atoms with Crippen LogP contribution in [-0.4, -0.2) is 9.97 Å². The summed E-state index contributed by atoms with van der Waals surface area (Å²) in [7, 11) is 0. The average Bonchev–Trinajstić information content (AvgIpc) is 3.47. The van der Waals surface area contributed by atoms with Gasteiger partial charge in [-0.2, -0.15) is 0 Å². The molecule has 3 heteroatoms. The minimum Gasteiger partial charge on any atom is -0.456 e. The normalized spacial score (nSPS) is 11.3. The van der Waals surface area contributed by atoms with Crippen molar-refractivity contribution in [1.29, 1.82) is 0 Å². The van der Waals surface area contributed by atoms with Crippen LogP contribution in [0.15, 0.2) is 162 Å². The number of nitrogens with zero attached hydrogens (tertiary/aromatic N) is 2. The lowest BCUT2D eigenvalue weighted by molar-refractivity contribution is 0.669. The van der Waals surface area contributed by atoms with E-state index in [1.807, 2.05) is 36.4 Å². The van der Waals surface area contributed by atoms with Crippen LogP contribution in [0.25, 0.3) is 78.1 Å². The first-order chi connectivity index (χ1) is 21.3. The Morgan fingerprint density at radius 3 is 1.44 bits per heavy atom. The lowest BCUT2D eigenvalue weighted by Crippen LogP contribution is -1.96. The highest BCUT2D eigenvalue weighted by Crippen LogP contribution is 2.34. The average molecular weight is 551 g/mol. The summed E-state index contributed by atoms with van der Waals surface area (Å²) >= 11 is 0. The molecule has 8 aromatic rings. The maximum absolute atomic E-state index is 6.03. The van der Waals surface area contributed by atoms with Crippen molar-refractivity contribution in [3.63, 3.8) is 0 Å². The van der Waals surface area contributed by atoms with E-state index >= 15 is 0 Å². The third kappa shape index (κ3) is 4.77. The zero-order valence-electron chi connectivity index (χ0n) is 23.3. The molecule has 8 rings (SSSR count). The summed E-state index contributed by atoms with van der Waals surface area (Å²) in [6.45, 7) is 0. The monoisotopic (exact) mass is 550 g/mol. The van der Waals surface area contributed by atoms with Crippen LogP contribution in [0, 0.1) is 0 Å². The van der Waals surface area contributed by atoms with Crippen molar-refractivity contribution in [3.05, 3.63) is 158 Å². The molecular weight excluding hydrogens is 524 g/mol. The first-order valence-electron chi connectivity index (χ1n) is 14.4. The van der Waals surface area contributed by atoms with E-state index in [2.05, 4.69) is 121 Å². The van der Waals surface area contributed by atoms with E-state index in [4.69, 9.17) is 14.4 Å². The van der Waals surface area contributed by atoms with Gasteiger partial charge in [0.25, 0.3) is 0 Å². The molecule has 0 bridgehead atoms. The second-order valence-electron chi connectivity index (χ2n) is 10.7. The van der Waals surface area contributed by atoms with Gasteiger partial charge in [-0.25, -0.2) is 9.97 Å². The third-order valence-electron chi connectivity index (χ3n) is 7.94. The molecule has 0 fully saturated rings. The Labute approximate surface area is 249 Å². The summed E-state index contributed by atoms with van der Waals surface area (Å²) in [5.41, 5.74) is 11.4. The summed E-state index contributed by atoms with van der Waals surface area (Å²) in [6.07, 6.45) is 0. The highest BCUT2D eigenvalue weighted by Gasteiger charge is 2.12. The number of rotatable bonds is 5. The largest absolute Gasteiger partial charge is 0.456 e. The molecule has 0 N–H and O–H groups in total. The Morgan fingerprint density at radius 1 is 0.326 bits per heavy atom. The molecule has 0 aliphatic rings. The van der Waals surface area contributed by atoms with Crippen LogP contribution in [0.3, 0.4) is 0 Å². The molecular formula is C40H26N2O. The topological polar surface area (TPSA) is 38.9 Å². The van der Waals surface area contributed by atoms with Gasteiger partial charge in [0.2, 0.25) is 0 Å². The van der Waals surface area contributed by atoms with E-state index in [0.29, 0.717) is 5.82 Å². The second kappa shape index (κ2) is 10.6. The highest BCUT2D eigenvalue weighted by atomic mass is 16.3. The molecule has 0 aliphatic heterocycles. The van der Waals surface area contributed by atoms with E-state index in [1.54, 1.807) is 0 Å². The molecule has 0 radical (unpaired) electrons. The molecule has 202 valence electrons. The van der Waals surface area contributed by atoms with Crippen molar-refractivity contribution in [2.24, 2.45) is 0 Å². The Hall–Kier alpha value is -5.80. The number of fused-ring (bicyclic) bond motifs is 3. The fourth-order valence-electron chi connectivity index (χ4n) is 5.66. The van der Waals surface area contributed by atoms with Crippen LogP contribution >= 0.6 is 0 Å². The van der Waals surface area contributed by atoms with Crippen molar-refractivity contribution >= 4 is 21.9 Å². The summed E-state index contributed by atoms with van der Waals surface area (Å²) in [4.78, 5) is 10.0. The maximum atomic E-state index is 6.03. The smallest absolute Gasteiger partial charge is 0.160 e. The fourth-order valence-corrected chi connectivity index (χ4v) is 5.66. The summed E-state index contributed by atoms with van der Waals surface area (Å²) in [5.74, 6) is 0.710. The summed E-state index contributed by atoms with van der Waals surface area (Å²) < 4.78 is 6.03. The molecule has 0 spiro atoms. The number of furan rings is 1. The molecule has 2 heterocycles. The third-order valence-corrected chi connectivity index (χ3v) is 7.94. The molecule has 0 unspecified atom stereocenters. The Bertz CT molecular complexity index is 2200. The van der Waals surface area contributed by atoms with E-state index in [-0.39, 0.29) is 0 Å². The molecule has 3 nitrogen and oxygen atoms in total. The Morgan fingerprint density at radius 2 is 0.791 bits per heavy atom. The standard InChI is InChI=1S/C40H26N2O/c1-3-9-27(10-4-1)28-15-19-30(20-16-28)36-26-37(42-40(41-36)32-11-5-2-6-12-32)31-21-17-29(18-22-31)33-23-24-39-35(25-33)34-13-7-8-14-38(34)43-39/h1-26H. The first kappa shape index (κ1) is 25.0. The van der Waals surface area contributed by atoms with Gasteiger partial charge in [0, 0.05) is 27.5 Å². The minimum atomic E-state index is 0.710. The van der Waals surface area contributed by atoms with Crippen molar-refractivity contribution in [2.45, 2.75) is 0 Å². The number of para-hydroxylation sites is 1. The lowest BCUT2D eigenvalue weighted by Gasteiger charge is -2.11. The summed E-state index contributed by atoms with van der Waals surface area (Å²) in [6, 6.07) is 54.5. The predicted molar refractivity (Wildman–Crippen MR) is 176 cm³/mol. The molecule has 0 aliphatic carbocycles. The summed E-state index contributed by atoms with van der Waals surface area (Å²) in [5, 5.41) is 2.26. The molecule has 0 atom stereocenters. The molecule has 0 saturated heterocycles. The molecule has 0 amide bonds. The fraction of sp³-hybridized carbons (Fsp3) is 0. The van der Waals surface area contributed by atoms with Crippen molar-refractivity contribution in [1.82, 2.24) is 9.97 Å². The first-order valence-corrected chi connectivity index (χ1v) is 14.4. The van der Waals surface area contributed by atoms with Gasteiger partial charge >= 0.3 is 0 Å². The lowest BCUT2D eigenvalue weighted by atomic mass is 9.99. The molecule has 2 aromatic heterocycles. The van der Waals surface area contributed by atoms with Gasteiger partial charge in [0.15, 0.2) is 5.82 Å². The zero-order chi connectivity index (χ0) is 28.6. The van der Waals surface area contributed by atoms with Gasteiger partial charge in [0.1, 0.15) is 11.2 Å². The van der Waals surface area contributed by atoms with Gasteiger partial charge in [-0.15, -0.1) is 0 Å². The van der Waals surface area contributed by atoms with E-state index in [9.17, 15) is 0 Å². The number of aromatic nitrogens is 2. The Balaban J connectivity index is 1.17. The maximum Gasteiger partial charge on any atom is 0.160 e. The minimum absolute atomic E-state index is 0.710. The van der Waals surface area contributed by atoms with Crippen LogP contribution in [0.1, 0.15) is 0 Å². The van der Waals surface area contributed by atoms with Crippen LogP contribution in [-0.2, 0) is 0 Å².